The standard InChI is InChI=1S/C11H13F3O2/c1-8(2)15-7-9-5-3-4-6-10(9)16-11(12,13)14/h3-6,8H,7H2,1-2H3. The Morgan fingerprint density at radius 1 is 1.19 bits per heavy atom. The number of ether oxygens (including phenoxy) is 2. The van der Waals surface area contributed by atoms with Crippen LogP contribution in [-0.2, 0) is 11.3 Å². The molecule has 0 aliphatic carbocycles. The Kier molecular flexibility index (Phi) is 4.18. The summed E-state index contributed by atoms with van der Waals surface area (Å²) in [4.78, 5) is 0. The van der Waals surface area contributed by atoms with Gasteiger partial charge in [-0.05, 0) is 19.9 Å². The van der Waals surface area contributed by atoms with E-state index in [0.29, 0.717) is 5.56 Å². The number of halogens is 3. The van der Waals surface area contributed by atoms with Crippen LogP contribution < -0.4 is 4.74 Å². The molecule has 0 saturated carbocycles. The molecule has 0 radical (unpaired) electrons. The van der Waals surface area contributed by atoms with Crippen LogP contribution in [0.3, 0.4) is 0 Å². The number of para-hydroxylation sites is 1. The molecule has 16 heavy (non-hydrogen) atoms. The summed E-state index contributed by atoms with van der Waals surface area (Å²) in [6.45, 7) is 3.73. The molecule has 0 aliphatic heterocycles. The zero-order valence-electron chi connectivity index (χ0n) is 9.04. The number of hydrogen-bond acceptors (Lipinski definition) is 2. The number of rotatable bonds is 4. The molecule has 1 aromatic carbocycles. The summed E-state index contributed by atoms with van der Waals surface area (Å²) in [7, 11) is 0. The van der Waals surface area contributed by atoms with Gasteiger partial charge in [-0.1, -0.05) is 18.2 Å². The first-order chi connectivity index (χ1) is 7.38. The van der Waals surface area contributed by atoms with Gasteiger partial charge in [0.2, 0.25) is 0 Å². The molecular formula is C11H13F3O2. The highest BCUT2D eigenvalue weighted by molar-refractivity contribution is 5.32. The average Bonchev–Trinajstić information content (AvgIpc) is 2.14. The van der Waals surface area contributed by atoms with E-state index in [1.165, 1.54) is 12.1 Å². The van der Waals surface area contributed by atoms with Crippen LogP contribution in [0.25, 0.3) is 0 Å². The fourth-order valence-corrected chi connectivity index (χ4v) is 1.10. The summed E-state index contributed by atoms with van der Waals surface area (Å²) in [5.41, 5.74) is 0.383. The van der Waals surface area contributed by atoms with Gasteiger partial charge in [0, 0.05) is 5.56 Å². The Hall–Kier alpha value is -1.23. The first-order valence-corrected chi connectivity index (χ1v) is 4.84. The second kappa shape index (κ2) is 5.21. The summed E-state index contributed by atoms with van der Waals surface area (Å²) < 4.78 is 45.3. The van der Waals surface area contributed by atoms with Gasteiger partial charge in [-0.25, -0.2) is 0 Å². The van der Waals surface area contributed by atoms with Crippen molar-refractivity contribution in [1.82, 2.24) is 0 Å². The van der Waals surface area contributed by atoms with Crippen LogP contribution in [0.5, 0.6) is 5.75 Å². The Morgan fingerprint density at radius 3 is 2.38 bits per heavy atom. The lowest BCUT2D eigenvalue weighted by molar-refractivity contribution is -0.275. The lowest BCUT2D eigenvalue weighted by atomic mass is 10.2. The maximum Gasteiger partial charge on any atom is 0.573 e. The van der Waals surface area contributed by atoms with Gasteiger partial charge < -0.3 is 9.47 Å². The topological polar surface area (TPSA) is 18.5 Å². The van der Waals surface area contributed by atoms with E-state index in [1.807, 2.05) is 13.8 Å². The van der Waals surface area contributed by atoms with E-state index in [2.05, 4.69) is 4.74 Å². The van der Waals surface area contributed by atoms with Crippen LogP contribution in [0.15, 0.2) is 24.3 Å². The quantitative estimate of drug-likeness (QED) is 0.793. The number of benzene rings is 1. The highest BCUT2D eigenvalue weighted by atomic mass is 19.4. The van der Waals surface area contributed by atoms with Crippen LogP contribution in [0.1, 0.15) is 19.4 Å². The average molecular weight is 234 g/mol. The van der Waals surface area contributed by atoms with Crippen LogP contribution in [-0.4, -0.2) is 12.5 Å². The third kappa shape index (κ3) is 4.53. The smallest absolute Gasteiger partial charge is 0.405 e. The zero-order valence-corrected chi connectivity index (χ0v) is 9.04. The van der Waals surface area contributed by atoms with Crippen LogP contribution in [0, 0.1) is 0 Å². The van der Waals surface area contributed by atoms with Crippen molar-refractivity contribution < 1.29 is 22.6 Å². The van der Waals surface area contributed by atoms with Crippen LogP contribution in [0.4, 0.5) is 13.2 Å². The Bertz CT molecular complexity index is 334. The van der Waals surface area contributed by atoms with Gasteiger partial charge in [0.05, 0.1) is 12.7 Å². The van der Waals surface area contributed by atoms with Crippen LogP contribution >= 0.6 is 0 Å². The molecule has 0 N–H and O–H groups in total. The molecular weight excluding hydrogens is 221 g/mol. The maximum absolute atomic E-state index is 12.1. The van der Waals surface area contributed by atoms with E-state index in [1.54, 1.807) is 12.1 Å². The zero-order chi connectivity index (χ0) is 12.2. The third-order valence-electron chi connectivity index (χ3n) is 1.77. The molecule has 0 aromatic heterocycles. The summed E-state index contributed by atoms with van der Waals surface area (Å²) in [6, 6.07) is 5.94. The van der Waals surface area contributed by atoms with E-state index in [4.69, 9.17) is 4.74 Å². The van der Waals surface area contributed by atoms with E-state index in [-0.39, 0.29) is 18.5 Å². The van der Waals surface area contributed by atoms with Crippen molar-refractivity contribution in [1.29, 1.82) is 0 Å². The first-order valence-electron chi connectivity index (χ1n) is 4.84. The molecule has 0 atom stereocenters. The lowest BCUT2D eigenvalue weighted by Crippen LogP contribution is -2.18. The van der Waals surface area contributed by atoms with Gasteiger partial charge in [-0.15, -0.1) is 13.2 Å². The van der Waals surface area contributed by atoms with Gasteiger partial charge in [-0.2, -0.15) is 0 Å². The molecule has 1 aromatic rings. The number of alkyl halides is 3. The molecule has 0 saturated heterocycles. The first kappa shape index (κ1) is 12.8. The molecule has 0 unspecified atom stereocenters. The molecule has 0 fully saturated rings. The molecule has 0 amide bonds. The van der Waals surface area contributed by atoms with E-state index >= 15 is 0 Å². The molecule has 5 heteroatoms. The minimum absolute atomic E-state index is 0.0426. The molecule has 2 nitrogen and oxygen atoms in total. The minimum atomic E-state index is -4.67. The molecule has 1 rings (SSSR count). The second-order valence-electron chi connectivity index (χ2n) is 3.52. The fourth-order valence-electron chi connectivity index (χ4n) is 1.10. The summed E-state index contributed by atoms with van der Waals surface area (Å²) >= 11 is 0. The van der Waals surface area contributed by atoms with Crippen molar-refractivity contribution in [3.05, 3.63) is 29.8 Å². The maximum atomic E-state index is 12.1. The van der Waals surface area contributed by atoms with Gasteiger partial charge in [-0.3, -0.25) is 0 Å². The predicted molar refractivity (Wildman–Crippen MR) is 53.1 cm³/mol. The van der Waals surface area contributed by atoms with Gasteiger partial charge in [0.15, 0.2) is 0 Å². The van der Waals surface area contributed by atoms with E-state index in [0.717, 1.165) is 0 Å². The number of hydrogen-bond donors (Lipinski definition) is 0. The van der Waals surface area contributed by atoms with Crippen molar-refractivity contribution in [3.63, 3.8) is 0 Å². The predicted octanol–water partition coefficient (Wildman–Crippen LogP) is 3.51. The summed E-state index contributed by atoms with van der Waals surface area (Å²) in [6.07, 6.45) is -4.72. The molecule has 0 aliphatic rings. The van der Waals surface area contributed by atoms with Gasteiger partial charge in [0.1, 0.15) is 5.75 Å². The SMILES string of the molecule is CC(C)OCc1ccccc1OC(F)(F)F. The summed E-state index contributed by atoms with van der Waals surface area (Å²) in [5, 5.41) is 0. The van der Waals surface area contributed by atoms with Crippen molar-refractivity contribution in [2.24, 2.45) is 0 Å². The van der Waals surface area contributed by atoms with Gasteiger partial charge in [0.25, 0.3) is 0 Å². The van der Waals surface area contributed by atoms with Crippen molar-refractivity contribution in [2.45, 2.75) is 32.9 Å². The highest BCUT2D eigenvalue weighted by Gasteiger charge is 2.31. The van der Waals surface area contributed by atoms with Gasteiger partial charge >= 0.3 is 6.36 Å². The Labute approximate surface area is 92.0 Å². The monoisotopic (exact) mass is 234 g/mol. The minimum Gasteiger partial charge on any atom is -0.405 e. The van der Waals surface area contributed by atoms with E-state index < -0.39 is 6.36 Å². The molecule has 90 valence electrons. The second-order valence-corrected chi connectivity index (χ2v) is 3.52. The fraction of sp³-hybridized carbons (Fsp3) is 0.455. The van der Waals surface area contributed by atoms with Crippen molar-refractivity contribution >= 4 is 0 Å². The normalized spacial score (nSPS) is 11.9. The van der Waals surface area contributed by atoms with Crippen LogP contribution in [0.2, 0.25) is 0 Å². The molecule has 0 bridgehead atoms. The highest BCUT2D eigenvalue weighted by Crippen LogP contribution is 2.26. The Morgan fingerprint density at radius 2 is 1.81 bits per heavy atom. The molecule has 0 heterocycles. The Balaban J connectivity index is 2.75. The van der Waals surface area contributed by atoms with Crippen molar-refractivity contribution in [2.75, 3.05) is 0 Å². The van der Waals surface area contributed by atoms with Crippen molar-refractivity contribution in [3.8, 4) is 5.75 Å². The lowest BCUT2D eigenvalue weighted by Gasteiger charge is -2.14. The largest absolute Gasteiger partial charge is 0.573 e. The third-order valence-corrected chi connectivity index (χ3v) is 1.77. The molecule has 0 spiro atoms. The van der Waals surface area contributed by atoms with E-state index in [9.17, 15) is 13.2 Å². The summed E-state index contributed by atoms with van der Waals surface area (Å²) in [5.74, 6) is -0.212.